The summed E-state index contributed by atoms with van der Waals surface area (Å²) < 4.78 is 3.32. The van der Waals surface area contributed by atoms with E-state index in [1.807, 2.05) is 55.7 Å². The fourth-order valence-electron chi connectivity index (χ4n) is 3.65. The highest BCUT2D eigenvalue weighted by molar-refractivity contribution is 6.05. The first-order valence-electron chi connectivity index (χ1n) is 10.9. The van der Waals surface area contributed by atoms with Gasteiger partial charge in [0.25, 0.3) is 5.91 Å². The number of aromatic nitrogens is 4. The van der Waals surface area contributed by atoms with E-state index in [1.165, 1.54) is 0 Å². The third-order valence-corrected chi connectivity index (χ3v) is 5.35. The minimum Gasteiger partial charge on any atom is -0.394 e. The summed E-state index contributed by atoms with van der Waals surface area (Å²) >= 11 is 0. The number of nitrogens with two attached hydrogens (primary N) is 1. The van der Waals surface area contributed by atoms with Crippen LogP contribution in [0.2, 0.25) is 0 Å². The fraction of sp³-hybridized carbons (Fsp3) is 0.240. The lowest BCUT2D eigenvalue weighted by molar-refractivity contribution is 0.0996. The van der Waals surface area contributed by atoms with Crippen LogP contribution in [0.3, 0.4) is 0 Å². The Bertz CT molecular complexity index is 1380. The Hall–Kier alpha value is -3.97. The highest BCUT2D eigenvalue weighted by atomic mass is 16.3. The largest absolute Gasteiger partial charge is 0.394 e. The topological polar surface area (TPSA) is 131 Å². The van der Waals surface area contributed by atoms with Gasteiger partial charge in [-0.15, -0.1) is 0 Å². The van der Waals surface area contributed by atoms with Crippen molar-refractivity contribution in [1.82, 2.24) is 24.9 Å². The van der Waals surface area contributed by atoms with Crippen LogP contribution in [0, 0.1) is 11.8 Å². The second-order valence-corrected chi connectivity index (χ2v) is 7.80. The molecule has 0 radical (unpaired) electrons. The van der Waals surface area contributed by atoms with Gasteiger partial charge in [-0.05, 0) is 55.9 Å². The van der Waals surface area contributed by atoms with Gasteiger partial charge in [0.05, 0.1) is 30.6 Å². The summed E-state index contributed by atoms with van der Waals surface area (Å²) in [5.41, 5.74) is 9.68. The SMILES string of the molecule is CNCC[C@@H](O)C#Cc1cccc(-n2nc(C(N)=O)c3cc(-c4cnn(CCO)c4)ccc32)c1. The molecule has 0 unspecified atom stereocenters. The quantitative estimate of drug-likeness (QED) is 0.295. The van der Waals surface area contributed by atoms with Crippen LogP contribution in [0.4, 0.5) is 0 Å². The highest BCUT2D eigenvalue weighted by Crippen LogP contribution is 2.28. The van der Waals surface area contributed by atoms with Crippen LogP contribution in [0.5, 0.6) is 0 Å². The molecular weight excluding hydrogens is 432 g/mol. The Morgan fingerprint density at radius 1 is 1.24 bits per heavy atom. The van der Waals surface area contributed by atoms with E-state index in [1.54, 1.807) is 15.6 Å². The van der Waals surface area contributed by atoms with Crippen molar-refractivity contribution in [2.45, 2.75) is 19.1 Å². The number of aliphatic hydroxyl groups is 2. The van der Waals surface area contributed by atoms with Gasteiger partial charge in [0.15, 0.2) is 5.69 Å². The van der Waals surface area contributed by atoms with E-state index in [0.29, 0.717) is 24.9 Å². The summed E-state index contributed by atoms with van der Waals surface area (Å²) in [6, 6.07) is 13.1. The van der Waals surface area contributed by atoms with Crippen molar-refractivity contribution >= 4 is 16.8 Å². The van der Waals surface area contributed by atoms with Crippen LogP contribution in [0.25, 0.3) is 27.7 Å². The van der Waals surface area contributed by atoms with E-state index in [9.17, 15) is 9.90 Å². The highest BCUT2D eigenvalue weighted by Gasteiger charge is 2.17. The Morgan fingerprint density at radius 3 is 2.85 bits per heavy atom. The van der Waals surface area contributed by atoms with Crippen molar-refractivity contribution in [3.05, 3.63) is 66.1 Å². The molecule has 0 fully saturated rings. The van der Waals surface area contributed by atoms with Crippen LogP contribution in [-0.2, 0) is 6.54 Å². The van der Waals surface area contributed by atoms with E-state index in [0.717, 1.165) is 27.9 Å². The maximum atomic E-state index is 12.2. The number of hydrogen-bond donors (Lipinski definition) is 4. The average molecular weight is 459 g/mol. The number of rotatable bonds is 8. The molecule has 174 valence electrons. The van der Waals surface area contributed by atoms with Crippen LogP contribution >= 0.6 is 0 Å². The standard InChI is InChI=1S/C25H26N6O3/c1-27-10-9-21(33)7-5-17-3-2-4-20(13-17)31-23-8-6-18(14-22(23)24(29-31)25(26)34)19-15-28-30(16-19)11-12-32/h2-4,6,8,13-16,21,27,32-33H,9-12H2,1H3,(H2,26,34)/t21-/m0/s1. The molecule has 9 heteroatoms. The maximum Gasteiger partial charge on any atom is 0.269 e. The summed E-state index contributed by atoms with van der Waals surface area (Å²) in [6.07, 6.45) is 3.36. The van der Waals surface area contributed by atoms with Crippen molar-refractivity contribution in [3.8, 4) is 28.7 Å². The number of fused-ring (bicyclic) bond motifs is 1. The zero-order valence-corrected chi connectivity index (χ0v) is 18.8. The molecule has 0 spiro atoms. The molecule has 2 heterocycles. The first kappa shape index (κ1) is 23.2. The molecule has 0 saturated heterocycles. The normalized spacial score (nSPS) is 11.9. The minimum atomic E-state index is -0.719. The number of nitrogens with zero attached hydrogens (tertiary/aromatic N) is 4. The van der Waals surface area contributed by atoms with E-state index in [2.05, 4.69) is 27.4 Å². The molecule has 0 aliphatic heterocycles. The molecule has 4 rings (SSSR count). The van der Waals surface area contributed by atoms with Gasteiger partial charge in [-0.25, -0.2) is 4.68 Å². The number of benzene rings is 2. The molecule has 2 aromatic carbocycles. The van der Waals surface area contributed by atoms with Gasteiger partial charge in [-0.3, -0.25) is 9.48 Å². The zero-order chi connectivity index (χ0) is 24.1. The lowest BCUT2D eigenvalue weighted by Crippen LogP contribution is -2.15. The zero-order valence-electron chi connectivity index (χ0n) is 18.8. The number of aliphatic hydroxyl groups excluding tert-OH is 2. The van der Waals surface area contributed by atoms with Gasteiger partial charge >= 0.3 is 0 Å². The average Bonchev–Trinajstić information content (AvgIpc) is 3.46. The van der Waals surface area contributed by atoms with E-state index in [4.69, 9.17) is 10.8 Å². The molecule has 0 saturated carbocycles. The van der Waals surface area contributed by atoms with Crippen molar-refractivity contribution in [1.29, 1.82) is 0 Å². The smallest absolute Gasteiger partial charge is 0.269 e. The Kier molecular flexibility index (Phi) is 7.04. The van der Waals surface area contributed by atoms with E-state index < -0.39 is 12.0 Å². The van der Waals surface area contributed by atoms with Crippen LogP contribution in [0.1, 0.15) is 22.5 Å². The second-order valence-electron chi connectivity index (χ2n) is 7.80. The predicted molar refractivity (Wildman–Crippen MR) is 129 cm³/mol. The first-order chi connectivity index (χ1) is 16.5. The lowest BCUT2D eigenvalue weighted by Gasteiger charge is -2.05. The Labute approximate surface area is 196 Å². The summed E-state index contributed by atoms with van der Waals surface area (Å²) in [6.45, 7) is 1.07. The third kappa shape index (κ3) is 5.00. The maximum absolute atomic E-state index is 12.2. The Balaban J connectivity index is 1.72. The van der Waals surface area contributed by atoms with Crippen molar-refractivity contribution in [3.63, 3.8) is 0 Å². The predicted octanol–water partition coefficient (Wildman–Crippen LogP) is 1.30. The molecule has 1 amide bonds. The molecule has 0 bridgehead atoms. The van der Waals surface area contributed by atoms with Crippen LogP contribution in [0.15, 0.2) is 54.9 Å². The van der Waals surface area contributed by atoms with Gasteiger partial charge < -0.3 is 21.3 Å². The van der Waals surface area contributed by atoms with Gasteiger partial charge in [0, 0.05) is 22.7 Å². The molecule has 1 atom stereocenters. The number of amides is 1. The monoisotopic (exact) mass is 458 g/mol. The molecular formula is C25H26N6O3. The second kappa shape index (κ2) is 10.3. The van der Waals surface area contributed by atoms with E-state index >= 15 is 0 Å². The molecule has 2 aromatic heterocycles. The van der Waals surface area contributed by atoms with Crippen LogP contribution < -0.4 is 11.1 Å². The minimum absolute atomic E-state index is 0.00288. The van der Waals surface area contributed by atoms with Gasteiger partial charge in [0.1, 0.15) is 6.10 Å². The van der Waals surface area contributed by atoms with Crippen LogP contribution in [-0.4, -0.2) is 62.0 Å². The molecule has 4 aromatic rings. The molecule has 5 N–H and O–H groups in total. The number of carbonyl (C=O) groups is 1. The van der Waals surface area contributed by atoms with E-state index in [-0.39, 0.29) is 12.3 Å². The molecule has 0 aliphatic carbocycles. The third-order valence-electron chi connectivity index (χ3n) is 5.35. The number of carbonyl (C=O) groups excluding carboxylic acids is 1. The van der Waals surface area contributed by atoms with Crippen molar-refractivity contribution in [2.24, 2.45) is 5.73 Å². The molecule has 9 nitrogen and oxygen atoms in total. The summed E-state index contributed by atoms with van der Waals surface area (Å²) in [5, 5.41) is 31.4. The summed E-state index contributed by atoms with van der Waals surface area (Å²) in [7, 11) is 1.82. The van der Waals surface area contributed by atoms with Gasteiger partial charge in [-0.2, -0.15) is 10.2 Å². The molecule has 0 aliphatic rings. The first-order valence-corrected chi connectivity index (χ1v) is 10.9. The van der Waals surface area contributed by atoms with Gasteiger partial charge in [0.2, 0.25) is 0 Å². The summed E-state index contributed by atoms with van der Waals surface area (Å²) in [4.78, 5) is 12.2. The fourth-order valence-corrected chi connectivity index (χ4v) is 3.65. The van der Waals surface area contributed by atoms with Crippen molar-refractivity contribution < 1.29 is 15.0 Å². The summed E-state index contributed by atoms with van der Waals surface area (Å²) in [5.74, 6) is 5.22. The van der Waals surface area contributed by atoms with Crippen molar-refractivity contribution in [2.75, 3.05) is 20.2 Å². The van der Waals surface area contributed by atoms with Gasteiger partial charge in [-0.1, -0.05) is 24.0 Å². The number of nitrogens with one attached hydrogen (secondary N) is 1. The Morgan fingerprint density at radius 2 is 2.09 bits per heavy atom. The number of primary amides is 1. The number of hydrogen-bond acceptors (Lipinski definition) is 6. The molecule has 34 heavy (non-hydrogen) atoms. The lowest BCUT2D eigenvalue weighted by atomic mass is 10.1.